The van der Waals surface area contributed by atoms with Gasteiger partial charge in [0.15, 0.2) is 0 Å². The summed E-state index contributed by atoms with van der Waals surface area (Å²) in [6.07, 6.45) is 0. The van der Waals surface area contributed by atoms with Gasteiger partial charge in [-0.3, -0.25) is 4.90 Å². The number of hydrogen-bond acceptors (Lipinski definition) is 5. The van der Waals surface area contributed by atoms with Gasteiger partial charge in [-0.1, -0.05) is 0 Å². The van der Waals surface area contributed by atoms with E-state index in [1.54, 1.807) is 24.3 Å². The van der Waals surface area contributed by atoms with Crippen molar-refractivity contribution in [3.63, 3.8) is 0 Å². The highest BCUT2D eigenvalue weighted by Crippen LogP contribution is 2.08. The highest BCUT2D eigenvalue weighted by molar-refractivity contribution is 5.89. The monoisotopic (exact) mass is 264 g/mol. The lowest BCUT2D eigenvalue weighted by atomic mass is 10.2. The quantitative estimate of drug-likeness (QED) is 0.652. The first-order valence-corrected chi connectivity index (χ1v) is 6.51. The van der Waals surface area contributed by atoms with Crippen LogP contribution in [-0.4, -0.2) is 49.8 Å². The van der Waals surface area contributed by atoms with Crippen molar-refractivity contribution >= 4 is 11.7 Å². The van der Waals surface area contributed by atoms with Crippen LogP contribution in [-0.2, 0) is 9.47 Å². The van der Waals surface area contributed by atoms with E-state index in [1.807, 2.05) is 0 Å². The molecule has 1 aromatic rings. The normalized spacial score (nSPS) is 20.2. The van der Waals surface area contributed by atoms with Crippen LogP contribution in [0.4, 0.5) is 5.69 Å². The van der Waals surface area contributed by atoms with Gasteiger partial charge in [0.25, 0.3) is 0 Å². The van der Waals surface area contributed by atoms with E-state index in [0.717, 1.165) is 26.3 Å². The van der Waals surface area contributed by atoms with Crippen molar-refractivity contribution < 1.29 is 14.3 Å². The Hall–Kier alpha value is -1.59. The van der Waals surface area contributed by atoms with Gasteiger partial charge >= 0.3 is 5.97 Å². The third-order valence-electron chi connectivity index (χ3n) is 3.26. The van der Waals surface area contributed by atoms with Gasteiger partial charge in [-0.05, 0) is 31.2 Å². The molecule has 0 aliphatic carbocycles. The second kappa shape index (κ2) is 6.54. The predicted molar refractivity (Wildman–Crippen MR) is 73.0 cm³/mol. The molecule has 1 atom stereocenters. The average Bonchev–Trinajstić information content (AvgIpc) is 2.41. The number of nitrogens with two attached hydrogens (primary N) is 1. The minimum absolute atomic E-state index is 0.305. The Kier molecular flexibility index (Phi) is 4.76. The van der Waals surface area contributed by atoms with Gasteiger partial charge in [0.2, 0.25) is 0 Å². The largest absolute Gasteiger partial charge is 0.461 e. The maximum Gasteiger partial charge on any atom is 0.338 e. The molecule has 1 fully saturated rings. The third-order valence-corrected chi connectivity index (χ3v) is 3.26. The summed E-state index contributed by atoms with van der Waals surface area (Å²) in [7, 11) is 0. The van der Waals surface area contributed by atoms with E-state index in [0.29, 0.717) is 23.9 Å². The molecule has 5 nitrogen and oxygen atoms in total. The molecule has 0 radical (unpaired) electrons. The van der Waals surface area contributed by atoms with Crippen molar-refractivity contribution in [1.29, 1.82) is 0 Å². The summed E-state index contributed by atoms with van der Waals surface area (Å²) in [4.78, 5) is 14.0. The van der Waals surface area contributed by atoms with E-state index >= 15 is 0 Å². The van der Waals surface area contributed by atoms with Gasteiger partial charge in [0.05, 0.1) is 18.8 Å². The van der Waals surface area contributed by atoms with Crippen LogP contribution >= 0.6 is 0 Å². The molecule has 0 saturated carbocycles. The Labute approximate surface area is 113 Å². The van der Waals surface area contributed by atoms with Crippen LogP contribution in [0.5, 0.6) is 0 Å². The fourth-order valence-electron chi connectivity index (χ4n) is 2.05. The Morgan fingerprint density at radius 2 is 2.21 bits per heavy atom. The fourth-order valence-corrected chi connectivity index (χ4v) is 2.05. The molecule has 1 unspecified atom stereocenters. The van der Waals surface area contributed by atoms with Crippen molar-refractivity contribution in [2.45, 2.75) is 13.0 Å². The van der Waals surface area contributed by atoms with Crippen LogP contribution in [0.15, 0.2) is 24.3 Å². The van der Waals surface area contributed by atoms with Crippen molar-refractivity contribution in [1.82, 2.24) is 4.90 Å². The smallest absolute Gasteiger partial charge is 0.338 e. The molecule has 0 spiro atoms. The summed E-state index contributed by atoms with van der Waals surface area (Å²) in [6, 6.07) is 7.12. The first-order valence-electron chi connectivity index (χ1n) is 6.51. The molecule has 1 aliphatic rings. The summed E-state index contributed by atoms with van der Waals surface area (Å²) in [5.74, 6) is -0.305. The number of carbonyl (C=O) groups is 1. The molecule has 0 amide bonds. The number of ether oxygens (including phenoxy) is 2. The van der Waals surface area contributed by atoms with Crippen LogP contribution in [0.25, 0.3) is 0 Å². The number of carbonyl (C=O) groups excluding carboxylic acids is 1. The zero-order valence-corrected chi connectivity index (χ0v) is 11.2. The first kappa shape index (κ1) is 13.8. The van der Waals surface area contributed by atoms with Gasteiger partial charge in [0, 0.05) is 24.8 Å². The number of anilines is 1. The maximum absolute atomic E-state index is 11.8. The number of esters is 1. The Morgan fingerprint density at radius 1 is 1.47 bits per heavy atom. The molecule has 1 heterocycles. The van der Waals surface area contributed by atoms with Crippen LogP contribution in [0.1, 0.15) is 17.3 Å². The van der Waals surface area contributed by atoms with E-state index in [9.17, 15) is 4.79 Å². The minimum atomic E-state index is -0.305. The standard InChI is InChI=1S/C14H20N2O3/c1-11-10-18-8-6-16(11)7-9-19-14(17)12-2-4-13(15)5-3-12/h2-5,11H,6-10,15H2,1H3. The molecular formula is C14H20N2O3. The molecule has 2 N–H and O–H groups in total. The zero-order valence-electron chi connectivity index (χ0n) is 11.2. The van der Waals surface area contributed by atoms with E-state index in [-0.39, 0.29) is 5.97 Å². The van der Waals surface area contributed by atoms with E-state index in [2.05, 4.69) is 11.8 Å². The number of hydrogen-bond donors (Lipinski definition) is 1. The summed E-state index contributed by atoms with van der Waals surface area (Å²) in [5.41, 5.74) is 6.74. The van der Waals surface area contributed by atoms with Gasteiger partial charge in [-0.2, -0.15) is 0 Å². The molecule has 19 heavy (non-hydrogen) atoms. The number of benzene rings is 1. The second-order valence-electron chi connectivity index (χ2n) is 4.72. The summed E-state index contributed by atoms with van der Waals surface area (Å²) < 4.78 is 10.6. The van der Waals surface area contributed by atoms with E-state index in [4.69, 9.17) is 15.2 Å². The lowest BCUT2D eigenvalue weighted by molar-refractivity contribution is -0.0110. The van der Waals surface area contributed by atoms with Crippen molar-refractivity contribution in [3.05, 3.63) is 29.8 Å². The lowest BCUT2D eigenvalue weighted by Gasteiger charge is -2.32. The molecule has 1 saturated heterocycles. The highest BCUT2D eigenvalue weighted by atomic mass is 16.5. The van der Waals surface area contributed by atoms with Crippen molar-refractivity contribution in [2.24, 2.45) is 0 Å². The maximum atomic E-state index is 11.8. The molecule has 1 aliphatic heterocycles. The molecule has 1 aromatic carbocycles. The van der Waals surface area contributed by atoms with Crippen molar-refractivity contribution in [2.75, 3.05) is 38.6 Å². The lowest BCUT2D eigenvalue weighted by Crippen LogP contribution is -2.45. The molecule has 0 bridgehead atoms. The van der Waals surface area contributed by atoms with Crippen molar-refractivity contribution in [3.8, 4) is 0 Å². The molecule has 5 heteroatoms. The molecular weight excluding hydrogens is 244 g/mol. The van der Waals surface area contributed by atoms with Gasteiger partial charge in [-0.25, -0.2) is 4.79 Å². The zero-order chi connectivity index (χ0) is 13.7. The van der Waals surface area contributed by atoms with Crippen LogP contribution in [0.2, 0.25) is 0 Å². The number of morpholine rings is 1. The van der Waals surface area contributed by atoms with Gasteiger partial charge in [-0.15, -0.1) is 0 Å². The Morgan fingerprint density at radius 3 is 2.89 bits per heavy atom. The van der Waals surface area contributed by atoms with Gasteiger partial charge < -0.3 is 15.2 Å². The third kappa shape index (κ3) is 3.94. The second-order valence-corrected chi connectivity index (χ2v) is 4.72. The van der Waals surface area contributed by atoms with Crippen LogP contribution < -0.4 is 5.73 Å². The highest BCUT2D eigenvalue weighted by Gasteiger charge is 2.18. The summed E-state index contributed by atoms with van der Waals surface area (Å²) >= 11 is 0. The van der Waals surface area contributed by atoms with Crippen LogP contribution in [0, 0.1) is 0 Å². The summed E-state index contributed by atoms with van der Waals surface area (Å²) in [5, 5.41) is 0. The topological polar surface area (TPSA) is 64.8 Å². The fraction of sp³-hybridized carbons (Fsp3) is 0.500. The summed E-state index contributed by atoms with van der Waals surface area (Å²) in [6.45, 7) is 5.63. The number of nitrogens with zero attached hydrogens (tertiary/aromatic N) is 1. The number of nitrogen functional groups attached to an aromatic ring is 1. The predicted octanol–water partition coefficient (Wildman–Crippen LogP) is 1.15. The van der Waals surface area contributed by atoms with E-state index in [1.165, 1.54) is 0 Å². The first-order chi connectivity index (χ1) is 9.16. The SMILES string of the molecule is CC1COCCN1CCOC(=O)c1ccc(N)cc1. The van der Waals surface area contributed by atoms with Crippen LogP contribution in [0.3, 0.4) is 0 Å². The molecule has 104 valence electrons. The molecule has 0 aromatic heterocycles. The Balaban J connectivity index is 1.76. The molecule has 2 rings (SSSR count). The van der Waals surface area contributed by atoms with E-state index < -0.39 is 0 Å². The number of rotatable bonds is 4. The minimum Gasteiger partial charge on any atom is -0.461 e. The van der Waals surface area contributed by atoms with Gasteiger partial charge in [0.1, 0.15) is 6.61 Å². The average molecular weight is 264 g/mol. The Bertz CT molecular complexity index is 419.